The number of fused-ring (bicyclic) bond motifs is 2. The van der Waals surface area contributed by atoms with Crippen molar-refractivity contribution in [2.75, 3.05) is 0 Å². The van der Waals surface area contributed by atoms with Crippen LogP contribution in [0.15, 0.2) is 0 Å². The van der Waals surface area contributed by atoms with Gasteiger partial charge in [0.2, 0.25) is 0 Å². The van der Waals surface area contributed by atoms with Gasteiger partial charge in [0.1, 0.15) is 0 Å². The summed E-state index contributed by atoms with van der Waals surface area (Å²) >= 11 is 0. The minimum atomic E-state index is 0.583. The molecule has 3 rings (SSSR count). The van der Waals surface area contributed by atoms with E-state index in [1.807, 2.05) is 0 Å². The van der Waals surface area contributed by atoms with Gasteiger partial charge >= 0.3 is 0 Å². The Balaban J connectivity index is 1.83. The molecule has 0 aromatic rings. The minimum absolute atomic E-state index is 0.583. The molecule has 1 N–H and O–H groups in total. The lowest BCUT2D eigenvalue weighted by molar-refractivity contribution is 0.120. The molecule has 3 aliphatic rings. The highest BCUT2D eigenvalue weighted by Gasteiger charge is 2.61. The van der Waals surface area contributed by atoms with Gasteiger partial charge in [-0.25, -0.2) is 0 Å². The molecule has 0 aromatic heterocycles. The van der Waals surface area contributed by atoms with Gasteiger partial charge in [0.15, 0.2) is 0 Å². The molecule has 0 radical (unpaired) electrons. The van der Waals surface area contributed by atoms with Crippen LogP contribution in [0.4, 0.5) is 0 Å². The van der Waals surface area contributed by atoms with Gasteiger partial charge in [-0.3, -0.25) is 0 Å². The first-order chi connectivity index (χ1) is 6.54. The number of hydrogen-bond donors (Lipinski definition) is 1. The maximum absolute atomic E-state index is 3.88. The highest BCUT2D eigenvalue weighted by molar-refractivity contribution is 5.13. The summed E-state index contributed by atoms with van der Waals surface area (Å²) in [6.07, 6.45) is 7.23. The lowest BCUT2D eigenvalue weighted by Gasteiger charge is -2.39. The Hall–Kier alpha value is -0.0400. The van der Waals surface area contributed by atoms with Crippen LogP contribution in [0, 0.1) is 16.7 Å². The summed E-state index contributed by atoms with van der Waals surface area (Å²) < 4.78 is 0. The zero-order chi connectivity index (χ0) is 9.97. The minimum Gasteiger partial charge on any atom is -0.311 e. The van der Waals surface area contributed by atoms with E-state index in [9.17, 15) is 0 Å². The average molecular weight is 193 g/mol. The summed E-state index contributed by atoms with van der Waals surface area (Å²) in [5.74, 6) is 0.990. The third-order valence-corrected chi connectivity index (χ3v) is 5.81. The molecule has 3 aliphatic carbocycles. The first-order valence-corrected chi connectivity index (χ1v) is 6.30. The van der Waals surface area contributed by atoms with Crippen molar-refractivity contribution in [3.05, 3.63) is 0 Å². The Morgan fingerprint density at radius 3 is 2.21 bits per heavy atom. The van der Waals surface area contributed by atoms with Crippen LogP contribution in [0.2, 0.25) is 0 Å². The van der Waals surface area contributed by atoms with Crippen molar-refractivity contribution < 1.29 is 0 Å². The van der Waals surface area contributed by atoms with E-state index < -0.39 is 0 Å². The molecule has 0 spiro atoms. The highest BCUT2D eigenvalue weighted by atomic mass is 15.0. The first-order valence-electron chi connectivity index (χ1n) is 6.30. The summed E-state index contributed by atoms with van der Waals surface area (Å²) in [6, 6.07) is 1.70. The van der Waals surface area contributed by atoms with Crippen LogP contribution in [-0.2, 0) is 0 Å². The van der Waals surface area contributed by atoms with E-state index in [0.717, 1.165) is 18.0 Å². The Kier molecular flexibility index (Phi) is 1.68. The standard InChI is InChI=1S/C13H23N/c1-12(2)9-6-7-13(12,3)11(8-9)14-10-4-5-10/h9-11,14H,4-8H2,1-3H3/t9-,11+,13-/m0/s1. The van der Waals surface area contributed by atoms with Crippen molar-refractivity contribution in [2.45, 2.75) is 65.0 Å². The average Bonchev–Trinajstić information content (AvgIpc) is 2.85. The first kappa shape index (κ1) is 9.21. The Morgan fingerprint density at radius 1 is 1.07 bits per heavy atom. The van der Waals surface area contributed by atoms with Crippen molar-refractivity contribution >= 4 is 0 Å². The van der Waals surface area contributed by atoms with Crippen LogP contribution in [0.1, 0.15) is 52.9 Å². The van der Waals surface area contributed by atoms with Crippen molar-refractivity contribution in [1.29, 1.82) is 0 Å². The predicted octanol–water partition coefficient (Wildman–Crippen LogP) is 2.95. The molecule has 3 saturated carbocycles. The van der Waals surface area contributed by atoms with E-state index in [-0.39, 0.29) is 0 Å². The summed E-state index contributed by atoms with van der Waals surface area (Å²) in [6.45, 7) is 7.53. The zero-order valence-electron chi connectivity index (χ0n) is 9.77. The highest BCUT2D eigenvalue weighted by Crippen LogP contribution is 2.65. The Labute approximate surface area is 87.7 Å². The normalized spacial score (nSPS) is 49.9. The van der Waals surface area contributed by atoms with Crippen LogP contribution in [0.25, 0.3) is 0 Å². The third kappa shape index (κ3) is 0.997. The number of nitrogens with one attached hydrogen (secondary N) is 1. The quantitative estimate of drug-likeness (QED) is 0.711. The molecule has 0 aliphatic heterocycles. The smallest absolute Gasteiger partial charge is 0.0131 e. The van der Waals surface area contributed by atoms with Crippen molar-refractivity contribution in [2.24, 2.45) is 16.7 Å². The predicted molar refractivity (Wildman–Crippen MR) is 59.2 cm³/mol. The van der Waals surface area contributed by atoms with E-state index in [0.29, 0.717) is 10.8 Å². The maximum Gasteiger partial charge on any atom is 0.0131 e. The zero-order valence-corrected chi connectivity index (χ0v) is 9.77. The molecule has 0 saturated heterocycles. The molecule has 1 heteroatoms. The molecular formula is C13H23N. The third-order valence-electron chi connectivity index (χ3n) is 5.81. The topological polar surface area (TPSA) is 12.0 Å². The second-order valence-corrected chi connectivity index (χ2v) is 6.60. The molecule has 80 valence electrons. The van der Waals surface area contributed by atoms with Crippen molar-refractivity contribution in [3.63, 3.8) is 0 Å². The molecule has 3 atom stereocenters. The van der Waals surface area contributed by atoms with Crippen molar-refractivity contribution in [1.82, 2.24) is 5.32 Å². The number of hydrogen-bond acceptors (Lipinski definition) is 1. The fraction of sp³-hybridized carbons (Fsp3) is 1.00. The van der Waals surface area contributed by atoms with Gasteiger partial charge < -0.3 is 5.32 Å². The summed E-state index contributed by atoms with van der Waals surface area (Å²) in [4.78, 5) is 0. The van der Waals surface area contributed by atoms with Gasteiger partial charge in [0.05, 0.1) is 0 Å². The van der Waals surface area contributed by atoms with E-state index in [4.69, 9.17) is 0 Å². The SMILES string of the molecule is CC1(C)[C@H]2CC[C@@]1(C)[C@H](NC1CC1)C2. The second-order valence-electron chi connectivity index (χ2n) is 6.60. The van der Waals surface area contributed by atoms with Gasteiger partial charge in [-0.15, -0.1) is 0 Å². The molecular weight excluding hydrogens is 170 g/mol. The van der Waals surface area contributed by atoms with Crippen LogP contribution >= 0.6 is 0 Å². The largest absolute Gasteiger partial charge is 0.311 e. The molecule has 3 fully saturated rings. The number of rotatable bonds is 2. The monoisotopic (exact) mass is 193 g/mol. The van der Waals surface area contributed by atoms with Crippen molar-refractivity contribution in [3.8, 4) is 0 Å². The summed E-state index contributed by atoms with van der Waals surface area (Å²) in [5.41, 5.74) is 1.17. The Bertz CT molecular complexity index is 254. The molecule has 14 heavy (non-hydrogen) atoms. The molecule has 0 amide bonds. The lowest BCUT2D eigenvalue weighted by Crippen LogP contribution is -2.45. The van der Waals surface area contributed by atoms with Gasteiger partial charge in [-0.1, -0.05) is 20.8 Å². The van der Waals surface area contributed by atoms with E-state index in [1.54, 1.807) is 0 Å². The van der Waals surface area contributed by atoms with Gasteiger partial charge in [0, 0.05) is 12.1 Å². The Morgan fingerprint density at radius 2 is 1.79 bits per heavy atom. The van der Waals surface area contributed by atoms with Gasteiger partial charge in [-0.2, -0.15) is 0 Å². The van der Waals surface area contributed by atoms with Crippen LogP contribution in [-0.4, -0.2) is 12.1 Å². The molecule has 0 heterocycles. The van der Waals surface area contributed by atoms with E-state index >= 15 is 0 Å². The summed E-state index contributed by atoms with van der Waals surface area (Å²) in [5, 5.41) is 3.88. The maximum atomic E-state index is 3.88. The van der Waals surface area contributed by atoms with Crippen LogP contribution in [0.3, 0.4) is 0 Å². The van der Waals surface area contributed by atoms with E-state index in [2.05, 4.69) is 26.1 Å². The second kappa shape index (κ2) is 2.55. The van der Waals surface area contributed by atoms with Crippen LogP contribution in [0.5, 0.6) is 0 Å². The lowest BCUT2D eigenvalue weighted by atomic mass is 9.69. The van der Waals surface area contributed by atoms with Gasteiger partial charge in [0.25, 0.3) is 0 Å². The van der Waals surface area contributed by atoms with Crippen LogP contribution < -0.4 is 5.32 Å². The molecule has 0 aromatic carbocycles. The fourth-order valence-electron chi connectivity index (χ4n) is 3.99. The van der Waals surface area contributed by atoms with Gasteiger partial charge in [-0.05, 0) is 48.9 Å². The fourth-order valence-corrected chi connectivity index (χ4v) is 3.99. The molecule has 1 nitrogen and oxygen atoms in total. The van der Waals surface area contributed by atoms with E-state index in [1.165, 1.54) is 32.1 Å². The molecule has 0 unspecified atom stereocenters. The molecule has 2 bridgehead atoms. The summed E-state index contributed by atoms with van der Waals surface area (Å²) in [7, 11) is 0.